The Hall–Kier alpha value is -0.580. The average Bonchev–Trinajstić information content (AvgIpc) is 2.38. The van der Waals surface area contributed by atoms with Crippen molar-refractivity contribution in [3.05, 3.63) is 28.7 Å². The van der Waals surface area contributed by atoms with E-state index >= 15 is 0 Å². The molecule has 1 aromatic carbocycles. The highest BCUT2D eigenvalue weighted by atomic mass is 79.9. The average molecular weight is 299 g/mol. The molecule has 1 heterocycles. The summed E-state index contributed by atoms with van der Waals surface area (Å²) in [6.45, 7) is 7.09. The van der Waals surface area contributed by atoms with Crippen LogP contribution in [0, 0.1) is 0 Å². The highest BCUT2D eigenvalue weighted by Crippen LogP contribution is 2.21. The van der Waals surface area contributed by atoms with Crippen LogP contribution in [0.15, 0.2) is 28.7 Å². The molecular formula is C13H19BrN2O. The lowest BCUT2D eigenvalue weighted by molar-refractivity contribution is -0.0191. The number of rotatable bonds is 4. The Balaban J connectivity index is 1.84. The zero-order chi connectivity index (χ0) is 12.1. The van der Waals surface area contributed by atoms with Crippen molar-refractivity contribution in [1.82, 2.24) is 4.90 Å². The molecule has 4 heteroatoms. The molecule has 1 atom stereocenters. The molecule has 0 bridgehead atoms. The Morgan fingerprint density at radius 2 is 2.29 bits per heavy atom. The third-order valence-corrected chi connectivity index (χ3v) is 3.76. The normalized spacial score (nSPS) is 21.4. The first-order chi connectivity index (χ1) is 8.29. The van der Waals surface area contributed by atoms with Gasteiger partial charge in [-0.25, -0.2) is 0 Å². The standard InChI is InChI=1S/C13H19BrN2O/c1-2-16-7-8-17-11(10-16)9-15-13-6-4-3-5-12(13)14/h3-6,11,15H,2,7-10H2,1H3. The summed E-state index contributed by atoms with van der Waals surface area (Å²) < 4.78 is 6.85. The summed E-state index contributed by atoms with van der Waals surface area (Å²) in [4.78, 5) is 2.43. The molecule has 3 nitrogen and oxygen atoms in total. The van der Waals surface area contributed by atoms with Crippen LogP contribution in [0.2, 0.25) is 0 Å². The predicted octanol–water partition coefficient (Wildman–Crippen LogP) is 2.58. The topological polar surface area (TPSA) is 24.5 Å². The van der Waals surface area contributed by atoms with Gasteiger partial charge in [0.15, 0.2) is 0 Å². The lowest BCUT2D eigenvalue weighted by atomic mass is 10.2. The molecule has 0 saturated carbocycles. The van der Waals surface area contributed by atoms with Gasteiger partial charge in [-0.15, -0.1) is 0 Å². The van der Waals surface area contributed by atoms with E-state index in [1.807, 2.05) is 18.2 Å². The van der Waals surface area contributed by atoms with Gasteiger partial charge in [0.25, 0.3) is 0 Å². The molecule has 0 spiro atoms. The number of benzene rings is 1. The molecule has 1 aliphatic heterocycles. The Morgan fingerprint density at radius 3 is 3.06 bits per heavy atom. The molecule has 1 aliphatic rings. The van der Waals surface area contributed by atoms with E-state index in [1.54, 1.807) is 0 Å². The second-order valence-electron chi connectivity index (χ2n) is 4.25. The van der Waals surface area contributed by atoms with Gasteiger partial charge in [0.1, 0.15) is 0 Å². The first-order valence-corrected chi connectivity index (χ1v) is 6.91. The summed E-state index contributed by atoms with van der Waals surface area (Å²) in [6.07, 6.45) is 0.288. The van der Waals surface area contributed by atoms with Gasteiger partial charge in [-0.05, 0) is 34.6 Å². The molecule has 0 aliphatic carbocycles. The minimum Gasteiger partial charge on any atom is -0.381 e. The van der Waals surface area contributed by atoms with Crippen molar-refractivity contribution in [2.45, 2.75) is 13.0 Å². The maximum Gasteiger partial charge on any atom is 0.0874 e. The lowest BCUT2D eigenvalue weighted by Gasteiger charge is -2.32. The van der Waals surface area contributed by atoms with E-state index in [-0.39, 0.29) is 6.10 Å². The van der Waals surface area contributed by atoms with Gasteiger partial charge in [-0.2, -0.15) is 0 Å². The molecule has 0 amide bonds. The number of ether oxygens (including phenoxy) is 1. The number of likely N-dealkylation sites (N-methyl/N-ethyl adjacent to an activating group) is 1. The van der Waals surface area contributed by atoms with Crippen molar-refractivity contribution in [2.24, 2.45) is 0 Å². The molecule has 1 aromatic rings. The number of hydrogen-bond donors (Lipinski definition) is 1. The monoisotopic (exact) mass is 298 g/mol. The van der Waals surface area contributed by atoms with Crippen LogP contribution in [0.3, 0.4) is 0 Å². The van der Waals surface area contributed by atoms with Crippen molar-refractivity contribution in [2.75, 3.05) is 38.1 Å². The maximum atomic E-state index is 5.75. The molecule has 94 valence electrons. The van der Waals surface area contributed by atoms with E-state index in [2.05, 4.69) is 39.1 Å². The third kappa shape index (κ3) is 3.69. The quantitative estimate of drug-likeness (QED) is 0.925. The Morgan fingerprint density at radius 1 is 1.47 bits per heavy atom. The summed E-state index contributed by atoms with van der Waals surface area (Å²) in [7, 11) is 0. The predicted molar refractivity (Wildman–Crippen MR) is 74.5 cm³/mol. The molecule has 1 N–H and O–H groups in total. The highest BCUT2D eigenvalue weighted by molar-refractivity contribution is 9.10. The first kappa shape index (κ1) is 12.9. The zero-order valence-corrected chi connectivity index (χ0v) is 11.7. The van der Waals surface area contributed by atoms with Gasteiger partial charge >= 0.3 is 0 Å². The van der Waals surface area contributed by atoms with Gasteiger partial charge in [0, 0.05) is 29.8 Å². The van der Waals surface area contributed by atoms with Crippen molar-refractivity contribution in [3.8, 4) is 0 Å². The molecule has 2 rings (SSSR count). The summed E-state index contributed by atoms with van der Waals surface area (Å²) in [5.41, 5.74) is 1.13. The number of nitrogens with one attached hydrogen (secondary N) is 1. The van der Waals surface area contributed by atoms with E-state index in [0.717, 1.165) is 42.9 Å². The van der Waals surface area contributed by atoms with Gasteiger partial charge < -0.3 is 10.1 Å². The van der Waals surface area contributed by atoms with Crippen LogP contribution in [-0.4, -0.2) is 43.8 Å². The summed E-state index contributed by atoms with van der Waals surface area (Å²) in [5.74, 6) is 0. The van der Waals surface area contributed by atoms with E-state index in [4.69, 9.17) is 4.74 Å². The summed E-state index contributed by atoms with van der Waals surface area (Å²) in [6, 6.07) is 8.17. The summed E-state index contributed by atoms with van der Waals surface area (Å²) in [5, 5.41) is 3.43. The molecule has 0 radical (unpaired) electrons. The second-order valence-corrected chi connectivity index (χ2v) is 5.10. The molecular weight excluding hydrogens is 280 g/mol. The van der Waals surface area contributed by atoms with E-state index in [1.165, 1.54) is 0 Å². The number of anilines is 1. The van der Waals surface area contributed by atoms with Crippen LogP contribution in [0.5, 0.6) is 0 Å². The van der Waals surface area contributed by atoms with Crippen LogP contribution in [-0.2, 0) is 4.74 Å². The van der Waals surface area contributed by atoms with Crippen molar-refractivity contribution >= 4 is 21.6 Å². The molecule has 0 aromatic heterocycles. The molecule has 1 saturated heterocycles. The van der Waals surface area contributed by atoms with Crippen molar-refractivity contribution < 1.29 is 4.74 Å². The Kier molecular flexibility index (Phi) is 4.83. The van der Waals surface area contributed by atoms with Crippen molar-refractivity contribution in [1.29, 1.82) is 0 Å². The Labute approximate surface area is 111 Å². The molecule has 1 unspecified atom stereocenters. The number of morpholine rings is 1. The van der Waals surface area contributed by atoms with E-state index < -0.39 is 0 Å². The van der Waals surface area contributed by atoms with Gasteiger partial charge in [0.2, 0.25) is 0 Å². The van der Waals surface area contributed by atoms with Crippen LogP contribution < -0.4 is 5.32 Å². The number of halogens is 1. The van der Waals surface area contributed by atoms with Crippen molar-refractivity contribution in [3.63, 3.8) is 0 Å². The maximum absolute atomic E-state index is 5.75. The minimum absolute atomic E-state index is 0.288. The fourth-order valence-electron chi connectivity index (χ4n) is 2.02. The molecule has 1 fully saturated rings. The first-order valence-electron chi connectivity index (χ1n) is 6.12. The second kappa shape index (κ2) is 6.38. The number of para-hydroxylation sites is 1. The van der Waals surface area contributed by atoms with E-state index in [0.29, 0.717) is 0 Å². The molecule has 17 heavy (non-hydrogen) atoms. The SMILES string of the molecule is CCN1CCOC(CNc2ccccc2Br)C1. The largest absolute Gasteiger partial charge is 0.381 e. The van der Waals surface area contributed by atoms with E-state index in [9.17, 15) is 0 Å². The van der Waals surface area contributed by atoms with Gasteiger partial charge in [0.05, 0.1) is 12.7 Å². The van der Waals surface area contributed by atoms with Crippen LogP contribution in [0.25, 0.3) is 0 Å². The third-order valence-electron chi connectivity index (χ3n) is 3.06. The van der Waals surface area contributed by atoms with Gasteiger partial charge in [-0.1, -0.05) is 19.1 Å². The Bertz CT molecular complexity index is 359. The van der Waals surface area contributed by atoms with Crippen LogP contribution in [0.4, 0.5) is 5.69 Å². The number of hydrogen-bond acceptors (Lipinski definition) is 3. The lowest BCUT2D eigenvalue weighted by Crippen LogP contribution is -2.45. The summed E-state index contributed by atoms with van der Waals surface area (Å²) >= 11 is 3.53. The highest BCUT2D eigenvalue weighted by Gasteiger charge is 2.18. The van der Waals surface area contributed by atoms with Gasteiger partial charge in [-0.3, -0.25) is 4.90 Å². The van der Waals surface area contributed by atoms with Crippen LogP contribution in [0.1, 0.15) is 6.92 Å². The smallest absolute Gasteiger partial charge is 0.0874 e. The minimum atomic E-state index is 0.288. The fourth-order valence-corrected chi connectivity index (χ4v) is 2.44. The van der Waals surface area contributed by atoms with Crippen LogP contribution >= 0.6 is 15.9 Å². The number of nitrogens with zero attached hydrogens (tertiary/aromatic N) is 1. The fraction of sp³-hybridized carbons (Fsp3) is 0.538. The zero-order valence-electron chi connectivity index (χ0n) is 10.2.